The van der Waals surface area contributed by atoms with Crippen LogP contribution in [-0.2, 0) is 7.05 Å². The molecule has 0 radical (unpaired) electrons. The van der Waals surface area contributed by atoms with Crippen molar-refractivity contribution in [1.82, 2.24) is 14.5 Å². The molecule has 84 valence electrons. The Labute approximate surface area is 99.4 Å². The van der Waals surface area contributed by atoms with E-state index in [-0.39, 0.29) is 0 Å². The van der Waals surface area contributed by atoms with Crippen LogP contribution in [0.3, 0.4) is 0 Å². The third kappa shape index (κ3) is 1.47. The molecular weight excluding hydrogens is 210 g/mol. The number of aryl methyl sites for hydroxylation is 1. The molecule has 3 heterocycles. The molecule has 3 nitrogen and oxygen atoms in total. The Morgan fingerprint density at radius 1 is 1.35 bits per heavy atom. The van der Waals surface area contributed by atoms with Gasteiger partial charge in [0.1, 0.15) is 0 Å². The number of aromatic nitrogens is 3. The zero-order valence-electron chi connectivity index (χ0n) is 9.64. The van der Waals surface area contributed by atoms with Gasteiger partial charge in [-0.3, -0.25) is 4.98 Å². The number of rotatable bonds is 2. The second kappa shape index (κ2) is 3.63. The highest BCUT2D eigenvalue weighted by molar-refractivity contribution is 5.92. The lowest BCUT2D eigenvalue weighted by molar-refractivity contribution is 0.968. The maximum absolute atomic E-state index is 4.45. The van der Waals surface area contributed by atoms with Gasteiger partial charge in [-0.2, -0.15) is 0 Å². The zero-order valence-corrected chi connectivity index (χ0v) is 9.64. The maximum Gasteiger partial charge on any atom is 0.0974 e. The van der Waals surface area contributed by atoms with E-state index in [0.717, 1.165) is 28.0 Å². The first-order chi connectivity index (χ1) is 8.29. The molecule has 3 aromatic rings. The van der Waals surface area contributed by atoms with Crippen LogP contribution in [-0.4, -0.2) is 14.5 Å². The second-order valence-corrected chi connectivity index (χ2v) is 4.06. The van der Waals surface area contributed by atoms with Gasteiger partial charge < -0.3 is 9.55 Å². The summed E-state index contributed by atoms with van der Waals surface area (Å²) in [5, 5.41) is 0. The van der Waals surface area contributed by atoms with Crippen molar-refractivity contribution in [2.24, 2.45) is 7.05 Å². The fourth-order valence-corrected chi connectivity index (χ4v) is 2.10. The summed E-state index contributed by atoms with van der Waals surface area (Å²) >= 11 is 0. The molecule has 0 fully saturated rings. The molecule has 0 amide bonds. The van der Waals surface area contributed by atoms with Crippen molar-refractivity contribution in [1.29, 1.82) is 0 Å². The molecule has 3 aromatic heterocycles. The molecule has 3 rings (SSSR count). The van der Waals surface area contributed by atoms with Crippen molar-refractivity contribution in [3.05, 3.63) is 48.9 Å². The van der Waals surface area contributed by atoms with E-state index in [0.29, 0.717) is 0 Å². The van der Waals surface area contributed by atoms with Gasteiger partial charge >= 0.3 is 0 Å². The van der Waals surface area contributed by atoms with Crippen molar-refractivity contribution in [3.63, 3.8) is 0 Å². The lowest BCUT2D eigenvalue weighted by Crippen LogP contribution is -1.82. The molecule has 0 aromatic carbocycles. The van der Waals surface area contributed by atoms with Crippen LogP contribution in [0.25, 0.3) is 28.4 Å². The number of hydrogen-bond donors (Lipinski definition) is 1. The SMILES string of the molecule is C=Cc1ccc(-c2cn(C)c3cccnc23)[nH]1. The summed E-state index contributed by atoms with van der Waals surface area (Å²) in [6.07, 6.45) is 5.72. The Kier molecular flexibility index (Phi) is 2.11. The van der Waals surface area contributed by atoms with Crippen molar-refractivity contribution in [2.75, 3.05) is 0 Å². The largest absolute Gasteiger partial charge is 0.355 e. The van der Waals surface area contributed by atoms with Gasteiger partial charge in [0.25, 0.3) is 0 Å². The second-order valence-electron chi connectivity index (χ2n) is 4.06. The summed E-state index contributed by atoms with van der Waals surface area (Å²) in [4.78, 5) is 7.76. The molecule has 0 aliphatic heterocycles. The Morgan fingerprint density at radius 2 is 2.24 bits per heavy atom. The molecule has 3 heteroatoms. The molecule has 0 unspecified atom stereocenters. The highest BCUT2D eigenvalue weighted by atomic mass is 14.9. The van der Waals surface area contributed by atoms with E-state index in [4.69, 9.17) is 0 Å². The van der Waals surface area contributed by atoms with E-state index in [2.05, 4.69) is 39.4 Å². The predicted molar refractivity (Wildman–Crippen MR) is 70.6 cm³/mol. The first kappa shape index (κ1) is 9.90. The van der Waals surface area contributed by atoms with Gasteiger partial charge in [0, 0.05) is 36.4 Å². The van der Waals surface area contributed by atoms with Gasteiger partial charge in [0.2, 0.25) is 0 Å². The van der Waals surface area contributed by atoms with Gasteiger partial charge in [-0.25, -0.2) is 0 Å². The van der Waals surface area contributed by atoms with Gasteiger partial charge in [-0.1, -0.05) is 6.58 Å². The number of H-pyrrole nitrogens is 1. The lowest BCUT2D eigenvalue weighted by atomic mass is 10.2. The van der Waals surface area contributed by atoms with Crippen molar-refractivity contribution in [3.8, 4) is 11.3 Å². The van der Waals surface area contributed by atoms with E-state index >= 15 is 0 Å². The summed E-state index contributed by atoms with van der Waals surface area (Å²) in [6.45, 7) is 3.75. The smallest absolute Gasteiger partial charge is 0.0974 e. The van der Waals surface area contributed by atoms with Crippen LogP contribution in [0, 0.1) is 0 Å². The fraction of sp³-hybridized carbons (Fsp3) is 0.0714. The van der Waals surface area contributed by atoms with Crippen LogP contribution in [0.2, 0.25) is 0 Å². The molecule has 0 saturated carbocycles. The molecule has 1 N–H and O–H groups in total. The van der Waals surface area contributed by atoms with Crippen LogP contribution in [0.15, 0.2) is 43.2 Å². The summed E-state index contributed by atoms with van der Waals surface area (Å²) < 4.78 is 2.09. The Balaban J connectivity index is 2.26. The van der Waals surface area contributed by atoms with Gasteiger partial charge in [-0.05, 0) is 30.3 Å². The number of aromatic amines is 1. The Morgan fingerprint density at radius 3 is 3.00 bits per heavy atom. The quantitative estimate of drug-likeness (QED) is 0.711. The third-order valence-corrected chi connectivity index (χ3v) is 2.96. The standard InChI is InChI=1S/C14H13N3/c1-3-10-6-7-12(16-10)11-9-17(2)13-5-4-8-15-14(11)13/h3-9,16H,1H2,2H3. The minimum atomic E-state index is 1.02. The normalized spacial score (nSPS) is 10.9. The fourth-order valence-electron chi connectivity index (χ4n) is 2.10. The number of nitrogens with one attached hydrogen (secondary N) is 1. The average Bonchev–Trinajstić information content (AvgIpc) is 2.95. The van der Waals surface area contributed by atoms with Crippen LogP contribution in [0.5, 0.6) is 0 Å². The van der Waals surface area contributed by atoms with E-state index in [1.54, 1.807) is 0 Å². The van der Waals surface area contributed by atoms with Crippen molar-refractivity contribution in [2.45, 2.75) is 0 Å². The average molecular weight is 223 g/mol. The predicted octanol–water partition coefficient (Wildman–Crippen LogP) is 3.21. The minimum Gasteiger partial charge on any atom is -0.355 e. The molecule has 0 aliphatic rings. The minimum absolute atomic E-state index is 1.02. The van der Waals surface area contributed by atoms with E-state index < -0.39 is 0 Å². The molecule has 0 bridgehead atoms. The van der Waals surface area contributed by atoms with Gasteiger partial charge in [0.05, 0.1) is 11.0 Å². The van der Waals surface area contributed by atoms with Crippen LogP contribution < -0.4 is 0 Å². The highest BCUT2D eigenvalue weighted by Crippen LogP contribution is 2.27. The number of pyridine rings is 1. The van der Waals surface area contributed by atoms with Crippen molar-refractivity contribution < 1.29 is 0 Å². The summed E-state index contributed by atoms with van der Waals surface area (Å²) in [6, 6.07) is 8.10. The molecular formula is C14H13N3. The summed E-state index contributed by atoms with van der Waals surface area (Å²) in [5.74, 6) is 0. The molecule has 0 atom stereocenters. The van der Waals surface area contributed by atoms with Gasteiger partial charge in [-0.15, -0.1) is 0 Å². The highest BCUT2D eigenvalue weighted by Gasteiger charge is 2.10. The van der Waals surface area contributed by atoms with E-state index in [1.807, 2.05) is 31.5 Å². The van der Waals surface area contributed by atoms with Crippen molar-refractivity contribution >= 4 is 17.1 Å². The number of nitrogens with zero attached hydrogens (tertiary/aromatic N) is 2. The van der Waals surface area contributed by atoms with Gasteiger partial charge in [0.15, 0.2) is 0 Å². The number of hydrogen-bond acceptors (Lipinski definition) is 1. The van der Waals surface area contributed by atoms with E-state index in [9.17, 15) is 0 Å². The van der Waals surface area contributed by atoms with Crippen LogP contribution >= 0.6 is 0 Å². The zero-order chi connectivity index (χ0) is 11.8. The summed E-state index contributed by atoms with van der Waals surface area (Å²) in [7, 11) is 2.03. The van der Waals surface area contributed by atoms with Crippen LogP contribution in [0.4, 0.5) is 0 Å². The first-order valence-electron chi connectivity index (χ1n) is 5.51. The monoisotopic (exact) mass is 223 g/mol. The summed E-state index contributed by atoms with van der Waals surface area (Å²) in [5.41, 5.74) is 5.37. The maximum atomic E-state index is 4.45. The number of fused-ring (bicyclic) bond motifs is 1. The molecule has 0 spiro atoms. The Bertz CT molecular complexity index is 688. The molecule has 17 heavy (non-hydrogen) atoms. The Hall–Kier alpha value is -2.29. The first-order valence-corrected chi connectivity index (χ1v) is 5.51. The molecule has 0 aliphatic carbocycles. The third-order valence-electron chi connectivity index (χ3n) is 2.96. The topological polar surface area (TPSA) is 33.6 Å². The van der Waals surface area contributed by atoms with E-state index in [1.165, 1.54) is 0 Å². The molecule has 0 saturated heterocycles. The van der Waals surface area contributed by atoms with Crippen LogP contribution in [0.1, 0.15) is 5.69 Å². The lowest BCUT2D eigenvalue weighted by Gasteiger charge is -1.94.